The largest absolute Gasteiger partial charge is 0.419 e. The molecule has 0 radical (unpaired) electrons. The summed E-state index contributed by atoms with van der Waals surface area (Å²) < 4.78 is 227. The number of sulfonamides is 3. The third-order valence-corrected chi connectivity index (χ3v) is 31.4. The van der Waals surface area contributed by atoms with Crippen LogP contribution in [0.5, 0.6) is 0 Å². The average molecular weight is 1970 g/mol. The van der Waals surface area contributed by atoms with Gasteiger partial charge in [-0.15, -0.1) is 0 Å². The zero-order valence-electron chi connectivity index (χ0n) is 71.2. The summed E-state index contributed by atoms with van der Waals surface area (Å²) in [6.45, 7) is 10.7. The Labute approximate surface area is 766 Å². The minimum Gasteiger partial charge on any atom is -0.341 e. The van der Waals surface area contributed by atoms with E-state index in [9.17, 15) is 87.9 Å². The molecule has 0 bridgehead atoms. The molecule has 3 heterocycles. The van der Waals surface area contributed by atoms with Crippen molar-refractivity contribution in [3.8, 4) is 0 Å². The fourth-order valence-electron chi connectivity index (χ4n) is 17.4. The average Bonchev–Trinajstić information content (AvgIpc) is 1.38. The van der Waals surface area contributed by atoms with Crippen LogP contribution in [0.1, 0.15) is 167 Å². The Morgan fingerprint density at radius 2 is 0.587 bits per heavy atom. The second-order valence-corrected chi connectivity index (χ2v) is 43.3. The van der Waals surface area contributed by atoms with Crippen LogP contribution in [-0.2, 0) is 98.9 Å². The fourth-order valence-corrected chi connectivity index (χ4v) is 23.1. The molecule has 3 aliphatic carbocycles. The molecule has 0 aromatic heterocycles. The standard InChI is InChI=1S/C29H35Cl3F3N3O3S.2C29H35Cl2F4N3O3S/c1-28(20-5-9-25(31)26(32)17-20,27(39)36(2)18-19-4-8-24(30)23(16-19)29(33,34)35)12-15-37-13-10-22(11-14-37)38(21-6-7-21)42(3,40)41;1-28(20-5-8-24(30)25(31)17-20,27(39)36(2)18-19-4-9-26(32)23(16-19)29(33,34)35)12-15-37-13-10-22(11-14-37)38(21-6-7-21)42(3,40)41;1-28(20-5-9-24(30)25(31)17-20,27(39)36(2)18-19-4-8-23(26(32)16-19)29(33,34)35)12-15-37-13-10-22(11-14-37)38(21-6-7-21)42(3,40)41/h3*4-5,8-9,16-17,21-22H,6-7,10-15,18H2,1-3H3. The number of hydrogen-bond acceptors (Lipinski definition) is 12. The van der Waals surface area contributed by atoms with Gasteiger partial charge in [-0.2, -0.15) is 52.4 Å². The summed E-state index contributed by atoms with van der Waals surface area (Å²) in [6.07, 6.45) is 0.224. The molecule has 6 fully saturated rings. The number of likely N-dealkylation sites (N-methyl/N-ethyl adjacent to an activating group) is 3. The van der Waals surface area contributed by atoms with E-state index < -0.39 is 98.2 Å². The van der Waals surface area contributed by atoms with E-state index in [1.54, 1.807) is 95.3 Å². The maximum Gasteiger partial charge on any atom is 0.419 e. The molecule has 3 atom stereocenters. The minimum atomic E-state index is -4.86. The van der Waals surface area contributed by atoms with Gasteiger partial charge in [-0.25, -0.2) is 34.0 Å². The van der Waals surface area contributed by atoms with Gasteiger partial charge in [0.25, 0.3) is 0 Å². The molecular weight excluding hydrogens is 1870 g/mol. The van der Waals surface area contributed by atoms with E-state index in [0.717, 1.165) is 68.9 Å². The predicted molar refractivity (Wildman–Crippen MR) is 471 cm³/mol. The van der Waals surface area contributed by atoms with Gasteiger partial charge >= 0.3 is 18.5 Å². The number of likely N-dealkylation sites (tertiary alicyclic amines) is 3. The summed E-state index contributed by atoms with van der Waals surface area (Å²) in [4.78, 5) is 52.7. The molecule has 6 aromatic rings. The SMILES string of the molecule is CN(Cc1ccc(C(F)(F)F)c(F)c1)C(=O)C(C)(CCN1CCC(N(C2CC2)S(C)(=O)=O)CC1)c1ccc(Cl)c(Cl)c1.CN(Cc1ccc(Cl)c(C(F)(F)F)c1)C(=O)C(C)(CCN1CCC(N(C2CC2)S(C)(=O)=O)CC1)c1ccc(Cl)c(Cl)c1.CN(Cc1ccc(F)c(C(F)(F)F)c1)C(=O)C(C)(CCN1CCC(N(C2CC2)S(C)(=O)=O)CC1)c1ccc(Cl)c(Cl)c1. The van der Waals surface area contributed by atoms with Crippen LogP contribution in [0, 0.1) is 11.6 Å². The second kappa shape index (κ2) is 41.4. The highest BCUT2D eigenvalue weighted by Gasteiger charge is 2.48. The maximum absolute atomic E-state index is 14.2. The molecule has 39 heteroatoms. The molecule has 3 aliphatic heterocycles. The molecular formula is C87H105Cl7F11N9O9S3. The number of nitrogens with zero attached hydrogens (tertiary/aromatic N) is 9. The number of alkyl halides is 9. The Morgan fingerprint density at radius 1 is 0.333 bits per heavy atom. The van der Waals surface area contributed by atoms with Crippen LogP contribution in [0.2, 0.25) is 35.2 Å². The zero-order chi connectivity index (χ0) is 93.1. The Balaban J connectivity index is 0.000000197. The molecule has 3 amide bonds. The van der Waals surface area contributed by atoms with Crippen LogP contribution >= 0.6 is 81.2 Å². The molecule has 18 nitrogen and oxygen atoms in total. The molecule has 3 saturated carbocycles. The third kappa shape index (κ3) is 26.3. The van der Waals surface area contributed by atoms with E-state index in [0.29, 0.717) is 165 Å². The maximum atomic E-state index is 14.2. The quantitative estimate of drug-likeness (QED) is 0.0390. The summed E-state index contributed by atoms with van der Waals surface area (Å²) in [7, 11) is -5.30. The van der Waals surface area contributed by atoms with Gasteiger partial charge in [-0.3, -0.25) is 14.4 Å². The first-order chi connectivity index (χ1) is 58.5. The van der Waals surface area contributed by atoms with Gasteiger partial charge < -0.3 is 29.4 Å². The lowest BCUT2D eigenvalue weighted by atomic mass is 9.77. The molecule has 3 saturated heterocycles. The minimum absolute atomic E-state index is 0.0288. The summed E-state index contributed by atoms with van der Waals surface area (Å²) in [5.74, 6) is -3.70. The number of carbonyl (C=O) groups is 3. The van der Waals surface area contributed by atoms with E-state index in [2.05, 4.69) is 14.7 Å². The van der Waals surface area contributed by atoms with Crippen molar-refractivity contribution in [2.45, 2.75) is 208 Å². The van der Waals surface area contributed by atoms with Crippen molar-refractivity contribution < 1.29 is 87.9 Å². The zero-order valence-corrected chi connectivity index (χ0v) is 78.9. The van der Waals surface area contributed by atoms with Gasteiger partial charge in [0.2, 0.25) is 47.8 Å². The number of halogens is 18. The third-order valence-electron chi connectivity index (χ3n) is 24.8. The van der Waals surface area contributed by atoms with E-state index in [1.165, 1.54) is 65.8 Å². The van der Waals surface area contributed by atoms with Crippen molar-refractivity contribution in [2.24, 2.45) is 0 Å². The van der Waals surface area contributed by atoms with Crippen molar-refractivity contribution in [1.82, 2.24) is 42.3 Å². The Bertz CT molecular complexity index is 5040. The molecule has 6 aromatic carbocycles. The molecule has 6 aliphatic rings. The van der Waals surface area contributed by atoms with Crippen LogP contribution < -0.4 is 0 Å². The Kier molecular flexibility index (Phi) is 33.7. The van der Waals surface area contributed by atoms with Crippen LogP contribution in [0.3, 0.4) is 0 Å². The summed E-state index contributed by atoms with van der Waals surface area (Å²) in [5.41, 5.74) is -4.41. The van der Waals surface area contributed by atoms with Crippen molar-refractivity contribution in [2.75, 3.05) is 98.8 Å². The summed E-state index contributed by atoms with van der Waals surface area (Å²) in [5, 5.41) is 1.44. The van der Waals surface area contributed by atoms with Crippen LogP contribution in [0.25, 0.3) is 0 Å². The lowest BCUT2D eigenvalue weighted by molar-refractivity contribution is -0.141. The molecule has 0 N–H and O–H groups in total. The van der Waals surface area contributed by atoms with Crippen molar-refractivity contribution in [3.05, 3.63) is 206 Å². The second-order valence-electron chi connectivity index (χ2n) is 34.7. The van der Waals surface area contributed by atoms with Crippen molar-refractivity contribution >= 4 is 129 Å². The molecule has 126 heavy (non-hydrogen) atoms. The van der Waals surface area contributed by atoms with Gasteiger partial charge in [-0.05, 0) is 282 Å². The normalized spacial score (nSPS) is 18.7. The molecule has 12 rings (SSSR count). The first-order valence-corrected chi connectivity index (χ1v) is 49.5. The van der Waals surface area contributed by atoms with E-state index >= 15 is 0 Å². The van der Waals surface area contributed by atoms with Crippen LogP contribution in [0.4, 0.5) is 48.3 Å². The number of amides is 3. The topological polar surface area (TPSA) is 183 Å². The van der Waals surface area contributed by atoms with Crippen molar-refractivity contribution in [3.63, 3.8) is 0 Å². The molecule has 0 spiro atoms. The fraction of sp³-hybridized carbons (Fsp3) is 0.552. The van der Waals surface area contributed by atoms with Gasteiger partial charge in [0, 0.05) is 77.0 Å². The van der Waals surface area contributed by atoms with Crippen LogP contribution in [-0.4, -0.2) is 220 Å². The lowest BCUT2D eigenvalue weighted by Crippen LogP contribution is -2.49. The highest BCUT2D eigenvalue weighted by molar-refractivity contribution is 7.89. The molecule has 3 unspecified atom stereocenters. The first kappa shape index (κ1) is 103. The summed E-state index contributed by atoms with van der Waals surface area (Å²) in [6, 6.07) is 24.1. The predicted octanol–water partition coefficient (Wildman–Crippen LogP) is 19.6. The van der Waals surface area contributed by atoms with Crippen LogP contribution in [0.15, 0.2) is 109 Å². The first-order valence-electron chi connectivity index (χ1n) is 41.3. The van der Waals surface area contributed by atoms with Gasteiger partial charge in [0.15, 0.2) is 0 Å². The number of carbonyl (C=O) groups excluding carboxylic acids is 3. The smallest absolute Gasteiger partial charge is 0.341 e. The number of hydrogen-bond donors (Lipinski definition) is 0. The van der Waals surface area contributed by atoms with Crippen molar-refractivity contribution in [1.29, 1.82) is 0 Å². The van der Waals surface area contributed by atoms with E-state index in [-0.39, 0.29) is 94.8 Å². The Hall–Kier alpha value is -5.40. The molecule has 696 valence electrons. The summed E-state index contributed by atoms with van der Waals surface area (Å²) >= 11 is 43.2. The highest BCUT2D eigenvalue weighted by atomic mass is 35.5. The lowest BCUT2D eigenvalue weighted by Gasteiger charge is -2.39. The van der Waals surface area contributed by atoms with Gasteiger partial charge in [-0.1, -0.05) is 118 Å². The van der Waals surface area contributed by atoms with Gasteiger partial charge in [0.05, 0.1) is 86.9 Å². The number of piperidine rings is 3. The highest BCUT2D eigenvalue weighted by Crippen LogP contribution is 2.45. The number of benzene rings is 6. The number of rotatable bonds is 30. The van der Waals surface area contributed by atoms with E-state index in [4.69, 9.17) is 81.2 Å². The van der Waals surface area contributed by atoms with E-state index in [1.807, 2.05) is 0 Å². The monoisotopic (exact) mass is 1970 g/mol. The Morgan fingerprint density at radius 3 is 0.849 bits per heavy atom. The van der Waals surface area contributed by atoms with Gasteiger partial charge in [0.1, 0.15) is 11.6 Å².